The summed E-state index contributed by atoms with van der Waals surface area (Å²) >= 11 is 0. The third-order valence-corrected chi connectivity index (χ3v) is 3.74. The molecule has 0 aromatic rings. The number of nitrogens with zero attached hydrogens (tertiary/aromatic N) is 1. The SMILES string of the molecule is CN(C(=O)OC(C)(C)C)C1CCC(CCC=O)CC1. The number of amides is 1. The van der Waals surface area contributed by atoms with Crippen molar-refractivity contribution in [3.63, 3.8) is 0 Å². The summed E-state index contributed by atoms with van der Waals surface area (Å²) in [6.45, 7) is 5.65. The maximum atomic E-state index is 12.0. The average Bonchev–Trinajstić information content (AvgIpc) is 2.34. The minimum absolute atomic E-state index is 0.233. The molecule has 1 rings (SSSR count). The highest BCUT2D eigenvalue weighted by Gasteiger charge is 2.28. The number of aldehydes is 1. The van der Waals surface area contributed by atoms with Gasteiger partial charge in [-0.15, -0.1) is 0 Å². The van der Waals surface area contributed by atoms with Gasteiger partial charge in [-0.1, -0.05) is 0 Å². The Kier molecular flexibility index (Phi) is 5.83. The fraction of sp³-hybridized carbons (Fsp3) is 0.867. The van der Waals surface area contributed by atoms with Gasteiger partial charge in [0.2, 0.25) is 0 Å². The van der Waals surface area contributed by atoms with E-state index < -0.39 is 5.60 Å². The summed E-state index contributed by atoms with van der Waals surface area (Å²) in [6.07, 6.45) is 6.65. The molecule has 0 aromatic carbocycles. The number of ether oxygens (including phenoxy) is 1. The van der Waals surface area contributed by atoms with Gasteiger partial charge < -0.3 is 14.4 Å². The van der Waals surface area contributed by atoms with E-state index in [1.807, 2.05) is 27.8 Å². The average molecular weight is 269 g/mol. The van der Waals surface area contributed by atoms with Crippen molar-refractivity contribution >= 4 is 12.4 Å². The quantitative estimate of drug-likeness (QED) is 0.735. The number of hydrogen-bond donors (Lipinski definition) is 0. The second-order valence-corrected chi connectivity index (χ2v) is 6.51. The molecule has 0 spiro atoms. The highest BCUT2D eigenvalue weighted by molar-refractivity contribution is 5.68. The molecule has 1 amide bonds. The summed E-state index contributed by atoms with van der Waals surface area (Å²) < 4.78 is 5.39. The number of rotatable bonds is 4. The van der Waals surface area contributed by atoms with Gasteiger partial charge in [-0.05, 0) is 58.8 Å². The van der Waals surface area contributed by atoms with E-state index in [1.165, 1.54) is 0 Å². The molecular weight excluding hydrogens is 242 g/mol. The Morgan fingerprint density at radius 2 is 1.84 bits per heavy atom. The van der Waals surface area contributed by atoms with Crippen LogP contribution in [0.15, 0.2) is 0 Å². The van der Waals surface area contributed by atoms with Gasteiger partial charge in [-0.3, -0.25) is 0 Å². The van der Waals surface area contributed by atoms with Crippen molar-refractivity contribution in [3.05, 3.63) is 0 Å². The fourth-order valence-corrected chi connectivity index (χ4v) is 2.61. The summed E-state index contributed by atoms with van der Waals surface area (Å²) in [6, 6.07) is 0.280. The molecule has 0 aromatic heterocycles. The molecule has 4 nitrogen and oxygen atoms in total. The van der Waals surface area contributed by atoms with Gasteiger partial charge in [0.25, 0.3) is 0 Å². The van der Waals surface area contributed by atoms with Gasteiger partial charge in [0.1, 0.15) is 11.9 Å². The van der Waals surface area contributed by atoms with E-state index in [4.69, 9.17) is 4.74 Å². The molecule has 0 bridgehead atoms. The molecule has 0 unspecified atom stereocenters. The minimum Gasteiger partial charge on any atom is -0.444 e. The van der Waals surface area contributed by atoms with E-state index in [0.29, 0.717) is 12.3 Å². The molecule has 4 heteroatoms. The van der Waals surface area contributed by atoms with E-state index >= 15 is 0 Å². The van der Waals surface area contributed by atoms with Crippen LogP contribution in [0.4, 0.5) is 4.79 Å². The van der Waals surface area contributed by atoms with Crippen molar-refractivity contribution < 1.29 is 14.3 Å². The van der Waals surface area contributed by atoms with Gasteiger partial charge in [0.05, 0.1) is 0 Å². The smallest absolute Gasteiger partial charge is 0.410 e. The first kappa shape index (κ1) is 16.0. The van der Waals surface area contributed by atoms with E-state index in [1.54, 1.807) is 4.90 Å². The van der Waals surface area contributed by atoms with E-state index in [0.717, 1.165) is 38.4 Å². The summed E-state index contributed by atoms with van der Waals surface area (Å²) in [5.74, 6) is 0.647. The number of carbonyl (C=O) groups excluding carboxylic acids is 2. The Morgan fingerprint density at radius 1 is 1.26 bits per heavy atom. The van der Waals surface area contributed by atoms with Gasteiger partial charge >= 0.3 is 6.09 Å². The first-order chi connectivity index (χ1) is 8.83. The normalized spacial score (nSPS) is 23.8. The zero-order chi connectivity index (χ0) is 14.5. The lowest BCUT2D eigenvalue weighted by Crippen LogP contribution is -2.42. The molecule has 1 saturated carbocycles. The van der Waals surface area contributed by atoms with Crippen molar-refractivity contribution in [2.75, 3.05) is 7.05 Å². The Bertz CT molecular complexity index is 301. The Hall–Kier alpha value is -1.06. The van der Waals surface area contributed by atoms with Gasteiger partial charge in [-0.25, -0.2) is 4.79 Å². The van der Waals surface area contributed by atoms with Crippen molar-refractivity contribution in [3.8, 4) is 0 Å². The predicted octanol–water partition coefficient (Wildman–Crippen LogP) is 3.39. The highest BCUT2D eigenvalue weighted by Crippen LogP contribution is 2.30. The van der Waals surface area contributed by atoms with Gasteiger partial charge in [-0.2, -0.15) is 0 Å². The minimum atomic E-state index is -0.438. The molecule has 0 heterocycles. The van der Waals surface area contributed by atoms with Crippen LogP contribution in [0.5, 0.6) is 0 Å². The van der Waals surface area contributed by atoms with Gasteiger partial charge in [0, 0.05) is 19.5 Å². The van der Waals surface area contributed by atoms with Crippen LogP contribution in [-0.4, -0.2) is 36.0 Å². The first-order valence-corrected chi connectivity index (χ1v) is 7.23. The van der Waals surface area contributed by atoms with E-state index in [9.17, 15) is 9.59 Å². The highest BCUT2D eigenvalue weighted by atomic mass is 16.6. The van der Waals surface area contributed by atoms with Crippen LogP contribution in [0.25, 0.3) is 0 Å². The zero-order valence-corrected chi connectivity index (χ0v) is 12.6. The van der Waals surface area contributed by atoms with Crippen LogP contribution in [0.2, 0.25) is 0 Å². The van der Waals surface area contributed by atoms with Crippen LogP contribution >= 0.6 is 0 Å². The molecule has 0 atom stereocenters. The van der Waals surface area contributed by atoms with E-state index in [-0.39, 0.29) is 12.1 Å². The third kappa shape index (κ3) is 5.62. The van der Waals surface area contributed by atoms with Crippen molar-refractivity contribution in [2.45, 2.75) is 70.9 Å². The molecule has 0 N–H and O–H groups in total. The van der Waals surface area contributed by atoms with Crippen LogP contribution in [-0.2, 0) is 9.53 Å². The lowest BCUT2D eigenvalue weighted by molar-refractivity contribution is -0.108. The molecule has 0 aliphatic heterocycles. The Morgan fingerprint density at radius 3 is 2.32 bits per heavy atom. The lowest BCUT2D eigenvalue weighted by Gasteiger charge is -2.35. The third-order valence-electron chi connectivity index (χ3n) is 3.74. The maximum absolute atomic E-state index is 12.0. The predicted molar refractivity (Wildman–Crippen MR) is 75.0 cm³/mol. The van der Waals surface area contributed by atoms with Crippen molar-refractivity contribution in [1.82, 2.24) is 4.90 Å². The van der Waals surface area contributed by atoms with Crippen molar-refractivity contribution in [2.24, 2.45) is 5.92 Å². The molecule has 1 fully saturated rings. The van der Waals surface area contributed by atoms with Crippen LogP contribution in [0, 0.1) is 5.92 Å². The molecule has 1 aliphatic rings. The second kappa shape index (κ2) is 6.92. The molecule has 19 heavy (non-hydrogen) atoms. The summed E-state index contributed by atoms with van der Waals surface area (Å²) in [5, 5.41) is 0. The summed E-state index contributed by atoms with van der Waals surface area (Å²) in [7, 11) is 1.82. The van der Waals surface area contributed by atoms with Crippen LogP contribution in [0.1, 0.15) is 59.3 Å². The Balaban J connectivity index is 2.38. The van der Waals surface area contributed by atoms with Gasteiger partial charge in [0.15, 0.2) is 0 Å². The lowest BCUT2D eigenvalue weighted by atomic mass is 9.83. The second-order valence-electron chi connectivity index (χ2n) is 6.51. The zero-order valence-electron chi connectivity index (χ0n) is 12.6. The van der Waals surface area contributed by atoms with Crippen LogP contribution in [0.3, 0.4) is 0 Å². The maximum Gasteiger partial charge on any atom is 0.410 e. The van der Waals surface area contributed by atoms with Crippen LogP contribution < -0.4 is 0 Å². The largest absolute Gasteiger partial charge is 0.444 e. The molecule has 0 saturated heterocycles. The fourth-order valence-electron chi connectivity index (χ4n) is 2.61. The first-order valence-electron chi connectivity index (χ1n) is 7.23. The Labute approximate surface area is 116 Å². The topological polar surface area (TPSA) is 46.6 Å². The number of hydrogen-bond acceptors (Lipinski definition) is 3. The summed E-state index contributed by atoms with van der Waals surface area (Å²) in [4.78, 5) is 24.1. The van der Waals surface area contributed by atoms with E-state index in [2.05, 4.69) is 0 Å². The summed E-state index contributed by atoms with van der Waals surface area (Å²) in [5.41, 5.74) is -0.438. The molecule has 0 radical (unpaired) electrons. The molecule has 110 valence electrons. The molecule has 1 aliphatic carbocycles. The monoisotopic (exact) mass is 269 g/mol. The standard InChI is InChI=1S/C15H27NO3/c1-15(2,3)19-14(18)16(4)13-9-7-12(8-10-13)6-5-11-17/h11-13H,5-10H2,1-4H3. The van der Waals surface area contributed by atoms with Crippen molar-refractivity contribution in [1.29, 1.82) is 0 Å². The number of carbonyl (C=O) groups is 2. The molecular formula is C15H27NO3.